The second kappa shape index (κ2) is 10.2. The summed E-state index contributed by atoms with van der Waals surface area (Å²) in [5.41, 5.74) is 0.461. The van der Waals surface area contributed by atoms with Crippen LogP contribution in [0.15, 0.2) is 18.3 Å². The van der Waals surface area contributed by atoms with Gasteiger partial charge in [-0.1, -0.05) is 34.6 Å². The summed E-state index contributed by atoms with van der Waals surface area (Å²) in [6.07, 6.45) is 4.09. The molecule has 1 aromatic heterocycles. The summed E-state index contributed by atoms with van der Waals surface area (Å²) in [5.74, 6) is 2.20. The number of piperidine rings is 1. The van der Waals surface area contributed by atoms with Crippen molar-refractivity contribution >= 4 is 17.4 Å². The Hall–Kier alpha value is -1.79. The normalized spacial score (nSPS) is 19.7. The van der Waals surface area contributed by atoms with Gasteiger partial charge in [-0.2, -0.15) is 0 Å². The van der Waals surface area contributed by atoms with E-state index in [-0.39, 0.29) is 17.1 Å². The van der Waals surface area contributed by atoms with Crippen LogP contribution in [0.1, 0.15) is 57.8 Å². The van der Waals surface area contributed by atoms with Crippen LogP contribution in [0.3, 0.4) is 0 Å². The van der Waals surface area contributed by atoms with Crippen LogP contribution in [0.2, 0.25) is 0 Å². The maximum atomic E-state index is 12.3. The number of aromatic nitrogens is 1. The van der Waals surface area contributed by atoms with Crippen LogP contribution in [0, 0.1) is 17.3 Å². The van der Waals surface area contributed by atoms with E-state index in [0.717, 1.165) is 57.5 Å². The van der Waals surface area contributed by atoms with Gasteiger partial charge in [0.05, 0.1) is 6.54 Å². The first-order chi connectivity index (χ1) is 14.6. The van der Waals surface area contributed by atoms with E-state index >= 15 is 0 Å². The standard InChI is InChI=1S/C25H40N4O2/c1-19(2)24(31)21-6-7-23(26-16-21)29-14-12-28(13-15-29)17-20-8-10-27(11-9-20)18-22(30)25(3,4)5/h6-7,16,19-20H,8-15,17-18H2,1-5H3. The second-order valence-electron chi connectivity index (χ2n) is 10.6. The molecule has 2 aliphatic rings. The summed E-state index contributed by atoms with van der Waals surface area (Å²) in [4.78, 5) is 36.2. The van der Waals surface area contributed by atoms with Gasteiger partial charge < -0.3 is 4.90 Å². The van der Waals surface area contributed by atoms with Gasteiger partial charge in [0.25, 0.3) is 0 Å². The topological polar surface area (TPSA) is 56.8 Å². The zero-order valence-corrected chi connectivity index (χ0v) is 20.1. The maximum Gasteiger partial charge on any atom is 0.166 e. The molecule has 2 saturated heterocycles. The number of Topliss-reactive ketones (excluding diaryl/α,β-unsaturated/α-hetero) is 2. The number of pyridine rings is 1. The highest BCUT2D eigenvalue weighted by Gasteiger charge is 2.28. The van der Waals surface area contributed by atoms with Gasteiger partial charge in [0.1, 0.15) is 5.82 Å². The minimum atomic E-state index is -0.240. The van der Waals surface area contributed by atoms with E-state index in [9.17, 15) is 9.59 Å². The Kier molecular flexibility index (Phi) is 7.87. The van der Waals surface area contributed by atoms with Crippen molar-refractivity contribution in [1.29, 1.82) is 0 Å². The molecule has 0 atom stereocenters. The van der Waals surface area contributed by atoms with Crippen molar-refractivity contribution in [3.63, 3.8) is 0 Å². The summed E-state index contributed by atoms with van der Waals surface area (Å²) in [7, 11) is 0. The first-order valence-electron chi connectivity index (χ1n) is 11.9. The number of carbonyl (C=O) groups excluding carboxylic acids is 2. The number of rotatable bonds is 7. The Morgan fingerprint density at radius 3 is 2.16 bits per heavy atom. The molecule has 2 fully saturated rings. The molecule has 6 nitrogen and oxygen atoms in total. The number of ketones is 2. The van der Waals surface area contributed by atoms with Crippen LogP contribution < -0.4 is 4.90 Å². The van der Waals surface area contributed by atoms with Crippen molar-refractivity contribution in [2.75, 3.05) is 57.3 Å². The van der Waals surface area contributed by atoms with E-state index in [4.69, 9.17) is 0 Å². The second-order valence-corrected chi connectivity index (χ2v) is 10.6. The largest absolute Gasteiger partial charge is 0.354 e. The molecule has 3 rings (SSSR count). The number of likely N-dealkylation sites (tertiary alicyclic amines) is 1. The molecule has 0 radical (unpaired) electrons. The monoisotopic (exact) mass is 428 g/mol. The molecule has 0 unspecified atom stereocenters. The van der Waals surface area contributed by atoms with Gasteiger partial charge >= 0.3 is 0 Å². The number of hydrogen-bond acceptors (Lipinski definition) is 6. The lowest BCUT2D eigenvalue weighted by molar-refractivity contribution is -0.127. The Balaban J connectivity index is 1.40. The first-order valence-corrected chi connectivity index (χ1v) is 11.9. The molecule has 0 N–H and O–H groups in total. The quantitative estimate of drug-likeness (QED) is 0.621. The molecule has 31 heavy (non-hydrogen) atoms. The van der Waals surface area contributed by atoms with Crippen LogP contribution >= 0.6 is 0 Å². The lowest BCUT2D eigenvalue weighted by atomic mass is 9.89. The highest BCUT2D eigenvalue weighted by Crippen LogP contribution is 2.22. The highest BCUT2D eigenvalue weighted by atomic mass is 16.1. The first kappa shape index (κ1) is 23.9. The molecular formula is C25H40N4O2. The zero-order chi connectivity index (χ0) is 22.6. The van der Waals surface area contributed by atoms with Gasteiger partial charge in [0.15, 0.2) is 11.6 Å². The van der Waals surface area contributed by atoms with Crippen molar-refractivity contribution in [2.24, 2.45) is 17.3 Å². The Morgan fingerprint density at radius 2 is 1.65 bits per heavy atom. The minimum absolute atomic E-state index is 0.00189. The van der Waals surface area contributed by atoms with Crippen molar-refractivity contribution in [2.45, 2.75) is 47.5 Å². The van der Waals surface area contributed by atoms with Gasteiger partial charge in [-0.15, -0.1) is 0 Å². The van der Waals surface area contributed by atoms with E-state index in [0.29, 0.717) is 17.9 Å². The molecule has 0 amide bonds. The van der Waals surface area contributed by atoms with Crippen molar-refractivity contribution in [1.82, 2.24) is 14.8 Å². The Labute approximate surface area is 188 Å². The molecule has 0 saturated carbocycles. The minimum Gasteiger partial charge on any atom is -0.354 e. The molecule has 3 heterocycles. The molecule has 6 heteroatoms. The van der Waals surface area contributed by atoms with E-state index in [1.165, 1.54) is 12.8 Å². The SMILES string of the molecule is CC(C)C(=O)c1ccc(N2CCN(CC3CCN(CC(=O)C(C)(C)C)CC3)CC2)nc1. The molecule has 0 aliphatic carbocycles. The van der Waals surface area contributed by atoms with Gasteiger partial charge in [0.2, 0.25) is 0 Å². The lowest BCUT2D eigenvalue weighted by Gasteiger charge is -2.39. The van der Waals surface area contributed by atoms with Gasteiger partial charge in [-0.05, 0) is 44.0 Å². The molecule has 0 spiro atoms. The zero-order valence-electron chi connectivity index (χ0n) is 20.1. The number of anilines is 1. The number of piperazine rings is 1. The maximum absolute atomic E-state index is 12.3. The van der Waals surface area contributed by atoms with Gasteiger partial charge in [-0.3, -0.25) is 19.4 Å². The van der Waals surface area contributed by atoms with Crippen LogP contribution in [-0.4, -0.2) is 78.7 Å². The summed E-state index contributed by atoms with van der Waals surface area (Å²) in [5, 5.41) is 0. The van der Waals surface area contributed by atoms with Gasteiger partial charge in [-0.25, -0.2) is 4.98 Å². The van der Waals surface area contributed by atoms with Crippen molar-refractivity contribution in [3.8, 4) is 0 Å². The summed E-state index contributed by atoms with van der Waals surface area (Å²) >= 11 is 0. The Morgan fingerprint density at radius 1 is 1.00 bits per heavy atom. The van der Waals surface area contributed by atoms with E-state index in [1.54, 1.807) is 6.20 Å². The molecule has 1 aromatic rings. The van der Waals surface area contributed by atoms with Crippen LogP contribution in [0.25, 0.3) is 0 Å². The van der Waals surface area contributed by atoms with Gasteiger partial charge in [0, 0.05) is 55.8 Å². The third-order valence-corrected chi connectivity index (χ3v) is 6.68. The Bertz CT molecular complexity index is 738. The fourth-order valence-electron chi connectivity index (χ4n) is 4.34. The van der Waals surface area contributed by atoms with Crippen molar-refractivity contribution < 1.29 is 9.59 Å². The predicted molar refractivity (Wildman–Crippen MR) is 126 cm³/mol. The molecule has 172 valence electrons. The lowest BCUT2D eigenvalue weighted by Crippen LogP contribution is -2.49. The van der Waals surface area contributed by atoms with E-state index in [2.05, 4.69) is 19.7 Å². The smallest absolute Gasteiger partial charge is 0.166 e. The molecule has 2 aliphatic heterocycles. The predicted octanol–water partition coefficient (Wildman–Crippen LogP) is 3.37. The number of carbonyl (C=O) groups is 2. The summed E-state index contributed by atoms with van der Waals surface area (Å²) < 4.78 is 0. The molecule has 0 bridgehead atoms. The fourth-order valence-corrected chi connectivity index (χ4v) is 4.34. The fraction of sp³-hybridized carbons (Fsp3) is 0.720. The van der Waals surface area contributed by atoms with Crippen LogP contribution in [0.5, 0.6) is 0 Å². The van der Waals surface area contributed by atoms with Crippen LogP contribution in [-0.2, 0) is 4.79 Å². The van der Waals surface area contributed by atoms with E-state index < -0.39 is 0 Å². The number of nitrogens with zero attached hydrogens (tertiary/aromatic N) is 4. The summed E-state index contributed by atoms with van der Waals surface area (Å²) in [6, 6.07) is 3.90. The number of hydrogen-bond donors (Lipinski definition) is 0. The third kappa shape index (κ3) is 6.59. The average Bonchev–Trinajstić information content (AvgIpc) is 2.74. The molecule has 0 aromatic carbocycles. The highest BCUT2D eigenvalue weighted by molar-refractivity contribution is 5.97. The van der Waals surface area contributed by atoms with Crippen molar-refractivity contribution in [3.05, 3.63) is 23.9 Å². The summed E-state index contributed by atoms with van der Waals surface area (Å²) in [6.45, 7) is 17.8. The molecular weight excluding hydrogens is 388 g/mol. The van der Waals surface area contributed by atoms with Crippen LogP contribution in [0.4, 0.5) is 5.82 Å². The third-order valence-electron chi connectivity index (χ3n) is 6.68. The average molecular weight is 429 g/mol. The van der Waals surface area contributed by atoms with E-state index in [1.807, 2.05) is 46.8 Å².